The topological polar surface area (TPSA) is 54.0 Å². The van der Waals surface area contributed by atoms with Crippen LogP contribution < -0.4 is 18.9 Å². The summed E-state index contributed by atoms with van der Waals surface area (Å²) >= 11 is 0. The molecule has 0 aliphatic rings. The third kappa shape index (κ3) is 4.39. The van der Waals surface area contributed by atoms with E-state index in [2.05, 4.69) is 0 Å². The molecule has 0 radical (unpaired) electrons. The molecule has 0 aliphatic carbocycles. The molecule has 2 aromatic rings. The van der Waals surface area contributed by atoms with Crippen LogP contribution in [0.1, 0.15) is 11.1 Å². The first kappa shape index (κ1) is 16.7. The summed E-state index contributed by atoms with van der Waals surface area (Å²) in [4.78, 5) is 12.0. The Morgan fingerprint density at radius 2 is 1.52 bits per heavy atom. The molecule has 23 heavy (non-hydrogen) atoms. The Kier molecular flexibility index (Phi) is 5.46. The zero-order valence-corrected chi connectivity index (χ0v) is 13.7. The largest absolute Gasteiger partial charge is 0.493 e. The first-order valence-electron chi connectivity index (χ1n) is 7.16. The number of aryl methyl sites for hydroxylation is 2. The van der Waals surface area contributed by atoms with Crippen molar-refractivity contribution in [2.24, 2.45) is 0 Å². The summed E-state index contributed by atoms with van der Waals surface area (Å²) in [6.45, 7) is 3.74. The molecule has 0 unspecified atom stereocenters. The Labute approximate surface area is 135 Å². The second-order valence-electron chi connectivity index (χ2n) is 5.08. The second-order valence-corrected chi connectivity index (χ2v) is 5.08. The van der Waals surface area contributed by atoms with E-state index in [4.69, 9.17) is 18.9 Å². The van der Waals surface area contributed by atoms with Crippen LogP contribution in [0.5, 0.6) is 23.0 Å². The summed E-state index contributed by atoms with van der Waals surface area (Å²) in [6.07, 6.45) is 0. The average Bonchev–Trinajstić information content (AvgIpc) is 2.52. The van der Waals surface area contributed by atoms with E-state index < -0.39 is 5.97 Å². The van der Waals surface area contributed by atoms with Gasteiger partial charge in [0.2, 0.25) is 5.75 Å². The van der Waals surface area contributed by atoms with E-state index >= 15 is 0 Å². The molecule has 0 heterocycles. The van der Waals surface area contributed by atoms with Crippen molar-refractivity contribution in [3.63, 3.8) is 0 Å². The van der Waals surface area contributed by atoms with E-state index in [1.165, 1.54) is 14.2 Å². The average molecular weight is 316 g/mol. The van der Waals surface area contributed by atoms with E-state index in [1.54, 1.807) is 18.2 Å². The number of para-hydroxylation sites is 1. The number of rotatable bonds is 6. The van der Waals surface area contributed by atoms with Gasteiger partial charge in [-0.05, 0) is 49.2 Å². The molecule has 0 atom stereocenters. The Hall–Kier alpha value is -2.69. The van der Waals surface area contributed by atoms with Crippen LogP contribution in [-0.4, -0.2) is 26.8 Å². The summed E-state index contributed by atoms with van der Waals surface area (Å²) in [5, 5.41) is 0. The quantitative estimate of drug-likeness (QED) is 0.604. The lowest BCUT2D eigenvalue weighted by Gasteiger charge is -2.13. The fourth-order valence-electron chi connectivity index (χ4n) is 2.22. The molecule has 2 rings (SSSR count). The summed E-state index contributed by atoms with van der Waals surface area (Å²) < 4.78 is 21.2. The first-order chi connectivity index (χ1) is 11.0. The highest BCUT2D eigenvalue weighted by Crippen LogP contribution is 2.36. The van der Waals surface area contributed by atoms with Gasteiger partial charge in [0.15, 0.2) is 18.1 Å². The number of carbonyl (C=O) groups excluding carboxylic acids is 1. The number of benzene rings is 2. The van der Waals surface area contributed by atoms with Crippen LogP contribution in [0.3, 0.4) is 0 Å². The van der Waals surface area contributed by atoms with Crippen molar-refractivity contribution in [3.8, 4) is 23.0 Å². The molecular formula is C18H20O5. The van der Waals surface area contributed by atoms with Crippen LogP contribution in [0.25, 0.3) is 0 Å². The summed E-state index contributed by atoms with van der Waals surface area (Å²) in [5.41, 5.74) is 2.14. The molecule has 0 aliphatic heterocycles. The van der Waals surface area contributed by atoms with Crippen molar-refractivity contribution in [2.75, 3.05) is 20.8 Å². The van der Waals surface area contributed by atoms with Crippen molar-refractivity contribution < 1.29 is 23.7 Å². The van der Waals surface area contributed by atoms with Gasteiger partial charge in [-0.15, -0.1) is 0 Å². The normalized spacial score (nSPS) is 10.1. The standard InChI is InChI=1S/C18H20O5/c1-12-8-13(2)10-14(9-12)22-11-17(19)23-18-15(20-3)6-5-7-16(18)21-4/h5-10H,11H2,1-4H3. The van der Waals surface area contributed by atoms with E-state index in [0.717, 1.165) is 11.1 Å². The number of methoxy groups -OCH3 is 2. The Balaban J connectivity index is 2.05. The number of esters is 1. The molecule has 0 N–H and O–H groups in total. The van der Waals surface area contributed by atoms with Gasteiger partial charge in [0.1, 0.15) is 5.75 Å². The predicted molar refractivity (Wildman–Crippen MR) is 86.6 cm³/mol. The maximum atomic E-state index is 12.0. The molecule has 5 heteroatoms. The van der Waals surface area contributed by atoms with Crippen molar-refractivity contribution in [1.29, 1.82) is 0 Å². The van der Waals surface area contributed by atoms with Crippen LogP contribution in [0, 0.1) is 13.8 Å². The van der Waals surface area contributed by atoms with Crippen molar-refractivity contribution in [3.05, 3.63) is 47.5 Å². The third-order valence-electron chi connectivity index (χ3n) is 3.15. The SMILES string of the molecule is COc1cccc(OC)c1OC(=O)COc1cc(C)cc(C)c1. The van der Waals surface area contributed by atoms with Gasteiger partial charge in [-0.25, -0.2) is 4.79 Å². The Morgan fingerprint density at radius 1 is 0.957 bits per heavy atom. The minimum absolute atomic E-state index is 0.204. The summed E-state index contributed by atoms with van der Waals surface area (Å²) in [6, 6.07) is 10.9. The molecule has 0 bridgehead atoms. The fraction of sp³-hybridized carbons (Fsp3) is 0.278. The lowest BCUT2D eigenvalue weighted by Crippen LogP contribution is -2.18. The molecule has 0 aromatic heterocycles. The monoisotopic (exact) mass is 316 g/mol. The van der Waals surface area contributed by atoms with Gasteiger partial charge in [0, 0.05) is 0 Å². The van der Waals surface area contributed by atoms with E-state index in [1.807, 2.05) is 32.0 Å². The minimum Gasteiger partial charge on any atom is -0.493 e. The lowest BCUT2D eigenvalue weighted by molar-refractivity contribution is -0.136. The minimum atomic E-state index is -0.535. The molecule has 5 nitrogen and oxygen atoms in total. The van der Waals surface area contributed by atoms with Crippen LogP contribution >= 0.6 is 0 Å². The van der Waals surface area contributed by atoms with Crippen LogP contribution in [0.2, 0.25) is 0 Å². The highest BCUT2D eigenvalue weighted by molar-refractivity contribution is 5.76. The fourth-order valence-corrected chi connectivity index (χ4v) is 2.22. The van der Waals surface area contributed by atoms with E-state index in [9.17, 15) is 4.79 Å². The molecule has 2 aromatic carbocycles. The van der Waals surface area contributed by atoms with Gasteiger partial charge in [-0.2, -0.15) is 0 Å². The molecule has 0 spiro atoms. The van der Waals surface area contributed by atoms with Gasteiger partial charge in [0.05, 0.1) is 14.2 Å². The Bertz CT molecular complexity index is 651. The molecule has 0 fully saturated rings. The highest BCUT2D eigenvalue weighted by atomic mass is 16.6. The van der Waals surface area contributed by atoms with Gasteiger partial charge in [-0.1, -0.05) is 12.1 Å². The van der Waals surface area contributed by atoms with Gasteiger partial charge in [-0.3, -0.25) is 0 Å². The summed E-state index contributed by atoms with van der Waals surface area (Å²) in [5.74, 6) is 1.18. The number of ether oxygens (including phenoxy) is 4. The number of hydrogen-bond donors (Lipinski definition) is 0. The number of carbonyl (C=O) groups is 1. The zero-order valence-electron chi connectivity index (χ0n) is 13.7. The summed E-state index contributed by atoms with van der Waals surface area (Å²) in [7, 11) is 3.00. The first-order valence-corrected chi connectivity index (χ1v) is 7.16. The van der Waals surface area contributed by atoms with Crippen molar-refractivity contribution in [2.45, 2.75) is 13.8 Å². The smallest absolute Gasteiger partial charge is 0.349 e. The molecule has 0 saturated heterocycles. The molecular weight excluding hydrogens is 296 g/mol. The zero-order chi connectivity index (χ0) is 16.8. The van der Waals surface area contributed by atoms with Crippen molar-refractivity contribution in [1.82, 2.24) is 0 Å². The highest BCUT2D eigenvalue weighted by Gasteiger charge is 2.16. The second kappa shape index (κ2) is 7.54. The predicted octanol–water partition coefficient (Wildman–Crippen LogP) is 3.31. The maximum absolute atomic E-state index is 12.0. The van der Waals surface area contributed by atoms with E-state index in [-0.39, 0.29) is 12.4 Å². The Morgan fingerprint density at radius 3 is 2.04 bits per heavy atom. The number of hydrogen-bond acceptors (Lipinski definition) is 5. The molecule has 122 valence electrons. The van der Waals surface area contributed by atoms with Gasteiger partial charge >= 0.3 is 5.97 Å². The van der Waals surface area contributed by atoms with Gasteiger partial charge < -0.3 is 18.9 Å². The van der Waals surface area contributed by atoms with Gasteiger partial charge in [0.25, 0.3) is 0 Å². The van der Waals surface area contributed by atoms with Crippen LogP contribution in [0.4, 0.5) is 0 Å². The maximum Gasteiger partial charge on any atom is 0.349 e. The molecule has 0 amide bonds. The third-order valence-corrected chi connectivity index (χ3v) is 3.15. The lowest BCUT2D eigenvalue weighted by atomic mass is 10.1. The molecule has 0 saturated carbocycles. The van der Waals surface area contributed by atoms with Crippen molar-refractivity contribution >= 4 is 5.97 Å². The van der Waals surface area contributed by atoms with Crippen LogP contribution in [0.15, 0.2) is 36.4 Å². The van der Waals surface area contributed by atoms with Crippen LogP contribution in [-0.2, 0) is 4.79 Å². The van der Waals surface area contributed by atoms with E-state index in [0.29, 0.717) is 17.2 Å².